The molecule has 2 heterocycles. The molecule has 3 aromatic carbocycles. The van der Waals surface area contributed by atoms with Gasteiger partial charge in [-0.3, -0.25) is 9.78 Å². The van der Waals surface area contributed by atoms with Crippen molar-refractivity contribution in [1.29, 1.82) is 0 Å². The minimum absolute atomic E-state index is 0.0949. The molecule has 31 heavy (non-hydrogen) atoms. The molecule has 0 aliphatic rings. The van der Waals surface area contributed by atoms with E-state index in [1.54, 1.807) is 12.1 Å². The largest absolute Gasteiger partial charge is 0.465 e. The molecule has 5 aromatic rings. The Morgan fingerprint density at radius 1 is 0.871 bits per heavy atom. The second kappa shape index (κ2) is 7.50. The maximum atomic E-state index is 12.8. The summed E-state index contributed by atoms with van der Waals surface area (Å²) in [6.07, 6.45) is 1.25. The van der Waals surface area contributed by atoms with Crippen LogP contribution in [0.3, 0.4) is 0 Å². The van der Waals surface area contributed by atoms with Crippen LogP contribution >= 0.6 is 0 Å². The summed E-state index contributed by atoms with van der Waals surface area (Å²) in [5.41, 5.74) is 4.76. The Labute approximate surface area is 177 Å². The number of carbonyl (C=O) groups is 1. The van der Waals surface area contributed by atoms with E-state index in [1.165, 1.54) is 13.3 Å². The molecule has 0 fully saturated rings. The van der Waals surface area contributed by atoms with E-state index in [9.17, 15) is 9.59 Å². The van der Waals surface area contributed by atoms with Crippen LogP contribution in [-0.4, -0.2) is 28.0 Å². The molecular weight excluding hydrogens is 390 g/mol. The number of benzene rings is 3. The van der Waals surface area contributed by atoms with Gasteiger partial charge >= 0.3 is 5.97 Å². The Morgan fingerprint density at radius 3 is 2.23 bits per heavy atom. The zero-order valence-electron chi connectivity index (χ0n) is 16.6. The highest BCUT2D eigenvalue weighted by molar-refractivity contribution is 6.05. The molecule has 0 saturated heterocycles. The molecule has 150 valence electrons. The average Bonchev–Trinajstić information content (AvgIpc) is 2.84. The minimum Gasteiger partial charge on any atom is -0.465 e. The molecule has 0 aliphatic heterocycles. The third kappa shape index (κ3) is 3.14. The number of esters is 1. The molecule has 1 N–H and O–H groups in total. The van der Waals surface area contributed by atoms with Gasteiger partial charge in [-0.2, -0.15) is 0 Å². The maximum absolute atomic E-state index is 12.8. The summed E-state index contributed by atoms with van der Waals surface area (Å²) in [7, 11) is 1.24. The first kappa shape index (κ1) is 18.7. The molecule has 0 bridgehead atoms. The van der Waals surface area contributed by atoms with Crippen molar-refractivity contribution in [1.82, 2.24) is 15.0 Å². The topological polar surface area (TPSA) is 84.9 Å². The average molecular weight is 407 g/mol. The van der Waals surface area contributed by atoms with E-state index in [0.29, 0.717) is 16.4 Å². The molecule has 0 spiro atoms. The number of ether oxygens (including phenoxy) is 1. The zero-order valence-corrected chi connectivity index (χ0v) is 16.6. The van der Waals surface area contributed by atoms with Crippen LogP contribution in [0.1, 0.15) is 10.4 Å². The number of aromatic amines is 1. The number of aromatic nitrogens is 3. The monoisotopic (exact) mass is 407 g/mol. The molecule has 5 rings (SSSR count). The fourth-order valence-corrected chi connectivity index (χ4v) is 3.68. The Balaban J connectivity index is 1.85. The number of pyridine rings is 1. The number of hydrogen-bond donors (Lipinski definition) is 1. The van der Waals surface area contributed by atoms with Crippen LogP contribution in [0.4, 0.5) is 0 Å². The molecule has 0 atom stereocenters. The van der Waals surface area contributed by atoms with Gasteiger partial charge in [0.25, 0.3) is 0 Å². The Morgan fingerprint density at radius 2 is 1.55 bits per heavy atom. The van der Waals surface area contributed by atoms with Gasteiger partial charge in [0.1, 0.15) is 16.6 Å². The summed E-state index contributed by atoms with van der Waals surface area (Å²) >= 11 is 0. The van der Waals surface area contributed by atoms with Crippen LogP contribution < -0.4 is 5.43 Å². The smallest absolute Gasteiger partial charge is 0.343 e. The highest BCUT2D eigenvalue weighted by atomic mass is 16.5. The molecule has 0 radical (unpaired) electrons. The molecule has 6 nitrogen and oxygen atoms in total. The third-order valence-corrected chi connectivity index (χ3v) is 5.20. The maximum Gasteiger partial charge on any atom is 0.343 e. The van der Waals surface area contributed by atoms with Crippen LogP contribution in [0.25, 0.3) is 44.5 Å². The Hall–Kier alpha value is -4.32. The summed E-state index contributed by atoms with van der Waals surface area (Å²) in [6.45, 7) is 0. The van der Waals surface area contributed by atoms with E-state index in [-0.39, 0.29) is 5.56 Å². The van der Waals surface area contributed by atoms with Gasteiger partial charge < -0.3 is 9.72 Å². The Kier molecular flexibility index (Phi) is 4.52. The lowest BCUT2D eigenvalue weighted by Crippen LogP contribution is -2.17. The first-order valence-electron chi connectivity index (χ1n) is 9.72. The molecule has 0 aliphatic carbocycles. The van der Waals surface area contributed by atoms with Crippen molar-refractivity contribution in [2.45, 2.75) is 0 Å². The fraction of sp³-hybridized carbons (Fsp3) is 0.0400. The van der Waals surface area contributed by atoms with Gasteiger partial charge in [0.15, 0.2) is 0 Å². The van der Waals surface area contributed by atoms with Crippen molar-refractivity contribution in [2.24, 2.45) is 0 Å². The van der Waals surface area contributed by atoms with Crippen molar-refractivity contribution in [2.75, 3.05) is 7.11 Å². The Bertz CT molecular complexity index is 1490. The predicted octanol–water partition coefficient (Wildman–Crippen LogP) is 4.59. The number of hydrogen-bond acceptors (Lipinski definition) is 5. The van der Waals surface area contributed by atoms with Crippen LogP contribution in [0, 0.1) is 0 Å². The number of nitrogens with zero attached hydrogens (tertiary/aromatic N) is 2. The summed E-state index contributed by atoms with van der Waals surface area (Å²) in [5, 5.41) is 0.322. The van der Waals surface area contributed by atoms with E-state index >= 15 is 0 Å². The molecule has 0 unspecified atom stereocenters. The predicted molar refractivity (Wildman–Crippen MR) is 120 cm³/mol. The molecule has 2 aromatic heterocycles. The second-order valence-electron chi connectivity index (χ2n) is 7.04. The second-order valence-corrected chi connectivity index (χ2v) is 7.04. The van der Waals surface area contributed by atoms with Crippen molar-refractivity contribution in [3.8, 4) is 22.5 Å². The van der Waals surface area contributed by atoms with Gasteiger partial charge in [-0.15, -0.1) is 0 Å². The van der Waals surface area contributed by atoms with Crippen LogP contribution in [-0.2, 0) is 4.74 Å². The van der Waals surface area contributed by atoms with Gasteiger partial charge in [-0.25, -0.2) is 9.78 Å². The molecular formula is C25H17N3O3. The van der Waals surface area contributed by atoms with E-state index in [2.05, 4.69) is 9.97 Å². The molecule has 6 heteroatoms. The molecule has 0 amide bonds. The number of carbonyl (C=O) groups excluding carboxylic acids is 1. The summed E-state index contributed by atoms with van der Waals surface area (Å²) < 4.78 is 4.69. The van der Waals surface area contributed by atoms with Crippen LogP contribution in [0.5, 0.6) is 0 Å². The summed E-state index contributed by atoms with van der Waals surface area (Å²) in [4.78, 5) is 37.5. The number of methoxy groups -OCH3 is 1. The van der Waals surface area contributed by atoms with Crippen molar-refractivity contribution < 1.29 is 9.53 Å². The van der Waals surface area contributed by atoms with Gasteiger partial charge in [0.05, 0.1) is 29.4 Å². The number of nitrogens with one attached hydrogen (secondary N) is 1. The van der Waals surface area contributed by atoms with E-state index in [4.69, 9.17) is 9.72 Å². The molecule has 0 saturated carbocycles. The van der Waals surface area contributed by atoms with Crippen LogP contribution in [0.15, 0.2) is 83.8 Å². The van der Waals surface area contributed by atoms with Gasteiger partial charge in [0.2, 0.25) is 5.43 Å². The van der Waals surface area contributed by atoms with E-state index in [0.717, 1.165) is 28.0 Å². The summed E-state index contributed by atoms with van der Waals surface area (Å²) in [5.74, 6) is -0.705. The third-order valence-electron chi connectivity index (χ3n) is 5.20. The number of rotatable bonds is 3. The lowest BCUT2D eigenvalue weighted by atomic mass is 10.0. The first-order chi connectivity index (χ1) is 15.2. The zero-order chi connectivity index (χ0) is 21.4. The first-order valence-corrected chi connectivity index (χ1v) is 9.72. The van der Waals surface area contributed by atoms with Crippen LogP contribution in [0.2, 0.25) is 0 Å². The van der Waals surface area contributed by atoms with Gasteiger partial charge in [-0.05, 0) is 12.1 Å². The van der Waals surface area contributed by atoms with Crippen molar-refractivity contribution in [3.63, 3.8) is 0 Å². The standard InChI is InChI=1S/C25H17N3O3/c1-31-25(30)18-14-26-22-17(24(18)29)12-13-19-23(22)28-21(16-10-6-3-7-11-16)20(27-19)15-8-4-2-5-9-15/h2-14,27H,1H3. The highest BCUT2D eigenvalue weighted by Gasteiger charge is 2.18. The quantitative estimate of drug-likeness (QED) is 0.349. The normalized spacial score (nSPS) is 11.0. The highest BCUT2D eigenvalue weighted by Crippen LogP contribution is 2.32. The van der Waals surface area contributed by atoms with E-state index < -0.39 is 11.4 Å². The fourth-order valence-electron chi connectivity index (χ4n) is 3.68. The van der Waals surface area contributed by atoms with Gasteiger partial charge in [-0.1, -0.05) is 60.7 Å². The van der Waals surface area contributed by atoms with Crippen molar-refractivity contribution in [3.05, 3.63) is 94.8 Å². The minimum atomic E-state index is -0.705. The summed E-state index contributed by atoms with van der Waals surface area (Å²) in [6, 6.07) is 23.2. The van der Waals surface area contributed by atoms with Crippen molar-refractivity contribution >= 4 is 27.9 Å². The lowest BCUT2D eigenvalue weighted by molar-refractivity contribution is 0.0599. The van der Waals surface area contributed by atoms with E-state index in [1.807, 2.05) is 60.7 Å². The SMILES string of the molecule is COC(=O)c1cnc2c(ccc3[nH]c(-c4ccccc4)c(-c4ccccc4)nc32)c1=O. The number of H-pyrrole nitrogens is 1. The number of fused-ring (bicyclic) bond motifs is 3. The van der Waals surface area contributed by atoms with Gasteiger partial charge in [0, 0.05) is 17.3 Å². The lowest BCUT2D eigenvalue weighted by Gasteiger charge is -2.13.